The summed E-state index contributed by atoms with van der Waals surface area (Å²) in [6.45, 7) is 5.75. The highest BCUT2D eigenvalue weighted by Crippen LogP contribution is 2.41. The van der Waals surface area contributed by atoms with E-state index in [1.165, 1.54) is 7.11 Å². The number of piperidine rings is 1. The minimum Gasteiger partial charge on any atom is -0.468 e. The van der Waals surface area contributed by atoms with Crippen LogP contribution in [0.25, 0.3) is 0 Å². The number of carbonyl (C=O) groups is 1. The molecule has 0 spiro atoms. The second-order valence-corrected chi connectivity index (χ2v) is 6.38. The monoisotopic (exact) mass is 298 g/mol. The van der Waals surface area contributed by atoms with Gasteiger partial charge in [-0.2, -0.15) is 0 Å². The molecule has 2 rings (SSSR count). The molecule has 1 aliphatic heterocycles. The molecule has 1 unspecified atom stereocenters. The summed E-state index contributed by atoms with van der Waals surface area (Å²) in [5, 5.41) is 3.52. The molecule has 1 saturated carbocycles. The van der Waals surface area contributed by atoms with E-state index in [1.54, 1.807) is 7.11 Å². The standard InChI is InChI=1S/C16H30N2O3/c1-4-9-17-16(13-5-6-13,15(19)21-3)12-18-10-7-14(20-2)8-11-18/h13-14,17H,4-12H2,1-3H3. The van der Waals surface area contributed by atoms with Crippen LogP contribution in [0.1, 0.15) is 39.0 Å². The lowest BCUT2D eigenvalue weighted by Gasteiger charge is -2.40. The van der Waals surface area contributed by atoms with E-state index in [-0.39, 0.29) is 5.97 Å². The van der Waals surface area contributed by atoms with Crippen LogP contribution < -0.4 is 5.32 Å². The van der Waals surface area contributed by atoms with Gasteiger partial charge in [0.2, 0.25) is 0 Å². The molecule has 5 nitrogen and oxygen atoms in total. The molecule has 0 bridgehead atoms. The van der Waals surface area contributed by atoms with Crippen LogP contribution in [0.15, 0.2) is 0 Å². The number of carbonyl (C=O) groups excluding carboxylic acids is 1. The van der Waals surface area contributed by atoms with E-state index in [1.807, 2.05) is 0 Å². The Hall–Kier alpha value is -0.650. The Morgan fingerprint density at radius 2 is 1.90 bits per heavy atom. The molecule has 0 amide bonds. The summed E-state index contributed by atoms with van der Waals surface area (Å²) in [7, 11) is 3.29. The van der Waals surface area contributed by atoms with E-state index in [0.717, 1.165) is 58.3 Å². The quantitative estimate of drug-likeness (QED) is 0.687. The fourth-order valence-electron chi connectivity index (χ4n) is 3.39. The number of methoxy groups -OCH3 is 2. The molecule has 0 aromatic rings. The van der Waals surface area contributed by atoms with Gasteiger partial charge in [0.25, 0.3) is 0 Å². The van der Waals surface area contributed by atoms with E-state index in [9.17, 15) is 4.79 Å². The van der Waals surface area contributed by atoms with Gasteiger partial charge in [-0.1, -0.05) is 6.92 Å². The van der Waals surface area contributed by atoms with Crippen molar-refractivity contribution in [3.8, 4) is 0 Å². The number of nitrogens with zero attached hydrogens (tertiary/aromatic N) is 1. The summed E-state index contributed by atoms with van der Waals surface area (Å²) < 4.78 is 10.6. The minimum atomic E-state index is -0.509. The van der Waals surface area contributed by atoms with Crippen molar-refractivity contribution in [3.05, 3.63) is 0 Å². The van der Waals surface area contributed by atoms with E-state index >= 15 is 0 Å². The molecule has 0 radical (unpaired) electrons. The lowest BCUT2D eigenvalue weighted by atomic mass is 9.91. The van der Waals surface area contributed by atoms with Crippen LogP contribution in [0.5, 0.6) is 0 Å². The number of ether oxygens (including phenoxy) is 2. The maximum absolute atomic E-state index is 12.5. The average molecular weight is 298 g/mol. The molecule has 5 heteroatoms. The van der Waals surface area contributed by atoms with Gasteiger partial charge in [0, 0.05) is 26.7 Å². The number of hydrogen-bond donors (Lipinski definition) is 1. The molecule has 1 N–H and O–H groups in total. The van der Waals surface area contributed by atoms with Crippen LogP contribution in [0.2, 0.25) is 0 Å². The Balaban J connectivity index is 2.02. The van der Waals surface area contributed by atoms with Gasteiger partial charge in [0.15, 0.2) is 0 Å². The van der Waals surface area contributed by atoms with Crippen molar-refractivity contribution in [1.29, 1.82) is 0 Å². The molecular weight excluding hydrogens is 268 g/mol. The third-order valence-electron chi connectivity index (χ3n) is 4.86. The van der Waals surface area contributed by atoms with E-state index in [2.05, 4.69) is 17.1 Å². The third kappa shape index (κ3) is 3.96. The van der Waals surface area contributed by atoms with Crippen LogP contribution in [0.4, 0.5) is 0 Å². The molecular formula is C16H30N2O3. The molecule has 1 aliphatic carbocycles. The summed E-state index contributed by atoms with van der Waals surface area (Å²) in [5.41, 5.74) is -0.509. The first kappa shape index (κ1) is 16.7. The Kier molecular flexibility index (Phi) is 6.02. The van der Waals surface area contributed by atoms with Crippen molar-refractivity contribution in [2.75, 3.05) is 40.4 Å². The van der Waals surface area contributed by atoms with Crippen LogP contribution in [0.3, 0.4) is 0 Å². The lowest BCUT2D eigenvalue weighted by molar-refractivity contribution is -0.151. The number of hydrogen-bond acceptors (Lipinski definition) is 5. The summed E-state index contributed by atoms with van der Waals surface area (Å²) in [4.78, 5) is 14.9. The second-order valence-electron chi connectivity index (χ2n) is 6.38. The zero-order valence-electron chi connectivity index (χ0n) is 13.7. The predicted octanol–water partition coefficient (Wildman–Crippen LogP) is 1.42. The SMILES string of the molecule is CCCNC(CN1CCC(OC)CC1)(C(=O)OC)C1CC1. The predicted molar refractivity (Wildman–Crippen MR) is 82.2 cm³/mol. The highest BCUT2D eigenvalue weighted by molar-refractivity contribution is 5.82. The van der Waals surface area contributed by atoms with E-state index in [4.69, 9.17) is 9.47 Å². The van der Waals surface area contributed by atoms with Gasteiger partial charge < -0.3 is 19.7 Å². The fraction of sp³-hybridized carbons (Fsp3) is 0.938. The molecule has 1 heterocycles. The molecule has 2 fully saturated rings. The summed E-state index contributed by atoms with van der Waals surface area (Å²) in [6, 6.07) is 0. The smallest absolute Gasteiger partial charge is 0.327 e. The Morgan fingerprint density at radius 3 is 2.38 bits per heavy atom. The van der Waals surface area contributed by atoms with Crippen molar-refractivity contribution in [2.24, 2.45) is 5.92 Å². The van der Waals surface area contributed by atoms with Gasteiger partial charge in [-0.15, -0.1) is 0 Å². The van der Waals surface area contributed by atoms with Crippen molar-refractivity contribution < 1.29 is 14.3 Å². The zero-order chi connectivity index (χ0) is 15.3. The second kappa shape index (κ2) is 7.56. The Morgan fingerprint density at radius 1 is 1.24 bits per heavy atom. The largest absolute Gasteiger partial charge is 0.468 e. The van der Waals surface area contributed by atoms with Crippen molar-refractivity contribution in [3.63, 3.8) is 0 Å². The zero-order valence-corrected chi connectivity index (χ0v) is 13.7. The third-order valence-corrected chi connectivity index (χ3v) is 4.86. The first-order valence-electron chi connectivity index (χ1n) is 8.25. The Labute approximate surface area is 128 Å². The normalized spacial score (nSPS) is 23.8. The van der Waals surface area contributed by atoms with E-state index in [0.29, 0.717) is 12.0 Å². The van der Waals surface area contributed by atoms with Crippen LogP contribution in [-0.2, 0) is 14.3 Å². The van der Waals surface area contributed by atoms with Gasteiger partial charge in [0.1, 0.15) is 5.54 Å². The topological polar surface area (TPSA) is 50.8 Å². The number of likely N-dealkylation sites (tertiary alicyclic amines) is 1. The van der Waals surface area contributed by atoms with Gasteiger partial charge in [-0.3, -0.25) is 0 Å². The summed E-state index contributed by atoms with van der Waals surface area (Å²) in [5.74, 6) is 0.337. The average Bonchev–Trinajstić information content (AvgIpc) is 3.36. The molecule has 2 aliphatic rings. The Bertz CT molecular complexity index is 338. The molecule has 1 saturated heterocycles. The lowest BCUT2D eigenvalue weighted by Crippen LogP contribution is -2.62. The van der Waals surface area contributed by atoms with Crippen molar-refractivity contribution >= 4 is 5.97 Å². The van der Waals surface area contributed by atoms with Crippen LogP contribution in [0, 0.1) is 5.92 Å². The maximum Gasteiger partial charge on any atom is 0.327 e. The molecule has 1 atom stereocenters. The summed E-state index contributed by atoms with van der Waals surface area (Å²) in [6.07, 6.45) is 5.74. The fourth-order valence-corrected chi connectivity index (χ4v) is 3.39. The molecule has 21 heavy (non-hydrogen) atoms. The summed E-state index contributed by atoms with van der Waals surface area (Å²) >= 11 is 0. The van der Waals surface area contributed by atoms with Gasteiger partial charge >= 0.3 is 5.97 Å². The van der Waals surface area contributed by atoms with Gasteiger partial charge in [-0.25, -0.2) is 4.79 Å². The number of nitrogens with one attached hydrogen (secondary N) is 1. The number of esters is 1. The molecule has 0 aromatic carbocycles. The van der Waals surface area contributed by atoms with E-state index < -0.39 is 5.54 Å². The van der Waals surface area contributed by atoms with Gasteiger partial charge in [0.05, 0.1) is 13.2 Å². The van der Waals surface area contributed by atoms with Crippen LogP contribution >= 0.6 is 0 Å². The highest BCUT2D eigenvalue weighted by atomic mass is 16.5. The molecule has 122 valence electrons. The van der Waals surface area contributed by atoms with Gasteiger partial charge in [-0.05, 0) is 44.6 Å². The molecule has 0 aromatic heterocycles. The van der Waals surface area contributed by atoms with Crippen molar-refractivity contribution in [2.45, 2.75) is 50.7 Å². The number of rotatable bonds is 8. The highest BCUT2D eigenvalue weighted by Gasteiger charge is 2.52. The first-order valence-corrected chi connectivity index (χ1v) is 8.25. The maximum atomic E-state index is 12.5. The van der Waals surface area contributed by atoms with Crippen molar-refractivity contribution in [1.82, 2.24) is 10.2 Å². The first-order chi connectivity index (χ1) is 10.2. The minimum absolute atomic E-state index is 0.0904. The van der Waals surface area contributed by atoms with Crippen LogP contribution in [-0.4, -0.2) is 62.9 Å².